The van der Waals surface area contributed by atoms with Crippen molar-refractivity contribution in [3.8, 4) is 0 Å². The van der Waals surface area contributed by atoms with Crippen molar-refractivity contribution in [2.24, 2.45) is 0 Å². The third-order valence-electron chi connectivity index (χ3n) is 1.12. The summed E-state index contributed by atoms with van der Waals surface area (Å²) in [6.07, 6.45) is 5.51. The number of ketones is 1. The van der Waals surface area contributed by atoms with E-state index in [0.717, 1.165) is 0 Å². The SMILES string of the molecule is CC(=O)CO/C=C/CC(Cl)/C=C/Cl. The Labute approximate surface area is 88.2 Å². The van der Waals surface area contributed by atoms with Gasteiger partial charge in [-0.05, 0) is 19.4 Å². The topological polar surface area (TPSA) is 26.3 Å². The van der Waals surface area contributed by atoms with E-state index in [1.54, 1.807) is 12.2 Å². The molecule has 0 aromatic heterocycles. The number of hydrogen-bond acceptors (Lipinski definition) is 2. The molecule has 0 aliphatic carbocycles. The van der Waals surface area contributed by atoms with Gasteiger partial charge in [-0.25, -0.2) is 0 Å². The maximum absolute atomic E-state index is 10.4. The lowest BCUT2D eigenvalue weighted by atomic mass is 10.3. The second-order valence-corrected chi connectivity index (χ2v) is 3.27. The second-order valence-electron chi connectivity index (χ2n) is 2.45. The van der Waals surface area contributed by atoms with Crippen LogP contribution >= 0.6 is 23.2 Å². The minimum absolute atomic E-state index is 0.00673. The summed E-state index contributed by atoms with van der Waals surface area (Å²) in [7, 11) is 0. The Morgan fingerprint density at radius 2 is 2.31 bits per heavy atom. The molecular weight excluding hydrogens is 211 g/mol. The van der Waals surface area contributed by atoms with E-state index in [4.69, 9.17) is 27.9 Å². The zero-order valence-electron chi connectivity index (χ0n) is 7.37. The van der Waals surface area contributed by atoms with Crippen LogP contribution in [0.5, 0.6) is 0 Å². The lowest BCUT2D eigenvalue weighted by Crippen LogP contribution is -1.99. The van der Waals surface area contributed by atoms with E-state index in [9.17, 15) is 4.79 Å². The first-order valence-corrected chi connectivity index (χ1v) is 4.71. The molecule has 0 aliphatic rings. The Kier molecular flexibility index (Phi) is 7.85. The van der Waals surface area contributed by atoms with Crippen molar-refractivity contribution in [1.29, 1.82) is 0 Å². The first-order chi connectivity index (χ1) is 6.16. The molecule has 0 spiro atoms. The lowest BCUT2D eigenvalue weighted by Gasteiger charge is -1.98. The first kappa shape index (κ1) is 12.5. The summed E-state index contributed by atoms with van der Waals surface area (Å²) in [5.74, 6) is -0.00673. The highest BCUT2D eigenvalue weighted by molar-refractivity contribution is 6.27. The van der Waals surface area contributed by atoms with Gasteiger partial charge in [0.15, 0.2) is 5.78 Å². The Bertz CT molecular complexity index is 200. The predicted molar refractivity (Wildman–Crippen MR) is 55.0 cm³/mol. The molecular formula is C9H12Cl2O2. The Hall–Kier alpha value is -0.470. The Morgan fingerprint density at radius 3 is 2.85 bits per heavy atom. The van der Waals surface area contributed by atoms with Gasteiger partial charge in [0, 0.05) is 5.54 Å². The van der Waals surface area contributed by atoms with Gasteiger partial charge in [-0.2, -0.15) is 0 Å². The van der Waals surface area contributed by atoms with Crippen LogP contribution in [0.15, 0.2) is 23.9 Å². The molecule has 74 valence electrons. The third kappa shape index (κ3) is 9.44. The zero-order valence-corrected chi connectivity index (χ0v) is 8.89. The molecule has 0 fully saturated rings. The van der Waals surface area contributed by atoms with Crippen molar-refractivity contribution in [3.05, 3.63) is 23.9 Å². The van der Waals surface area contributed by atoms with Crippen LogP contribution in [0.25, 0.3) is 0 Å². The average Bonchev–Trinajstić information content (AvgIpc) is 2.03. The van der Waals surface area contributed by atoms with Crippen LogP contribution in [0.4, 0.5) is 0 Å². The highest BCUT2D eigenvalue weighted by Gasteiger charge is 1.94. The van der Waals surface area contributed by atoms with Gasteiger partial charge in [-0.15, -0.1) is 11.6 Å². The number of carbonyl (C=O) groups excluding carboxylic acids is 1. The van der Waals surface area contributed by atoms with Crippen LogP contribution < -0.4 is 0 Å². The molecule has 4 heteroatoms. The fourth-order valence-corrected chi connectivity index (χ4v) is 1.00. The monoisotopic (exact) mass is 222 g/mol. The molecule has 0 bridgehead atoms. The van der Waals surface area contributed by atoms with Gasteiger partial charge in [0.2, 0.25) is 0 Å². The summed E-state index contributed by atoms with van der Waals surface area (Å²) in [5, 5.41) is -0.130. The predicted octanol–water partition coefficient (Wildman–Crippen LogP) is 2.86. The maximum atomic E-state index is 10.4. The summed E-state index contributed by atoms with van der Waals surface area (Å²) in [5.41, 5.74) is 1.38. The summed E-state index contributed by atoms with van der Waals surface area (Å²) in [4.78, 5) is 10.4. The standard InChI is InChI=1S/C9H12Cl2O2/c1-8(12)7-13-6-2-3-9(11)4-5-10/h2,4-6,9H,3,7H2,1H3/b5-4+,6-2+. The molecule has 1 atom stereocenters. The maximum Gasteiger partial charge on any atom is 0.167 e. The summed E-state index contributed by atoms with van der Waals surface area (Å²) in [6, 6.07) is 0. The van der Waals surface area contributed by atoms with Gasteiger partial charge in [-0.3, -0.25) is 4.79 Å². The molecule has 2 nitrogen and oxygen atoms in total. The highest BCUT2D eigenvalue weighted by Crippen LogP contribution is 2.05. The van der Waals surface area contributed by atoms with Gasteiger partial charge in [-0.1, -0.05) is 17.7 Å². The van der Waals surface area contributed by atoms with Gasteiger partial charge >= 0.3 is 0 Å². The first-order valence-electron chi connectivity index (χ1n) is 3.83. The van der Waals surface area contributed by atoms with Crippen molar-refractivity contribution in [2.45, 2.75) is 18.7 Å². The zero-order chi connectivity index (χ0) is 10.1. The van der Waals surface area contributed by atoms with Gasteiger partial charge < -0.3 is 4.74 Å². The average molecular weight is 223 g/mol. The molecule has 1 unspecified atom stereocenters. The molecule has 0 saturated heterocycles. The fourth-order valence-electron chi connectivity index (χ4n) is 0.577. The van der Waals surface area contributed by atoms with E-state index >= 15 is 0 Å². The van der Waals surface area contributed by atoms with Gasteiger partial charge in [0.1, 0.15) is 6.61 Å². The van der Waals surface area contributed by atoms with Crippen LogP contribution in [-0.4, -0.2) is 17.8 Å². The Morgan fingerprint density at radius 1 is 1.62 bits per heavy atom. The largest absolute Gasteiger partial charge is 0.494 e. The smallest absolute Gasteiger partial charge is 0.167 e. The van der Waals surface area contributed by atoms with E-state index in [-0.39, 0.29) is 17.8 Å². The van der Waals surface area contributed by atoms with Crippen LogP contribution in [0, 0.1) is 0 Å². The minimum atomic E-state index is -0.130. The quantitative estimate of drug-likeness (QED) is 0.511. The highest BCUT2D eigenvalue weighted by atomic mass is 35.5. The molecule has 0 rings (SSSR count). The van der Waals surface area contributed by atoms with Gasteiger partial charge in [0.05, 0.1) is 11.6 Å². The fraction of sp³-hybridized carbons (Fsp3) is 0.444. The van der Waals surface area contributed by atoms with Crippen LogP contribution in [0.2, 0.25) is 0 Å². The number of ether oxygens (including phenoxy) is 1. The molecule has 0 aromatic carbocycles. The van der Waals surface area contributed by atoms with Crippen molar-refractivity contribution in [2.75, 3.05) is 6.61 Å². The van der Waals surface area contributed by atoms with Crippen LogP contribution in [0.3, 0.4) is 0 Å². The molecule has 0 saturated carbocycles. The molecule has 13 heavy (non-hydrogen) atoms. The molecule has 0 amide bonds. The Balaban J connectivity index is 3.46. The van der Waals surface area contributed by atoms with Crippen molar-refractivity contribution >= 4 is 29.0 Å². The van der Waals surface area contributed by atoms with E-state index in [2.05, 4.69) is 0 Å². The van der Waals surface area contributed by atoms with Crippen molar-refractivity contribution in [3.63, 3.8) is 0 Å². The van der Waals surface area contributed by atoms with E-state index in [1.807, 2.05) is 0 Å². The second kappa shape index (κ2) is 8.14. The number of halogens is 2. The normalized spacial score (nSPS) is 13.8. The van der Waals surface area contributed by atoms with Crippen LogP contribution in [-0.2, 0) is 9.53 Å². The third-order valence-corrected chi connectivity index (χ3v) is 1.59. The summed E-state index contributed by atoms with van der Waals surface area (Å²) in [6.45, 7) is 1.57. The van der Waals surface area contributed by atoms with Crippen molar-refractivity contribution in [1.82, 2.24) is 0 Å². The minimum Gasteiger partial charge on any atom is -0.494 e. The summed E-state index contributed by atoms with van der Waals surface area (Å²) >= 11 is 11.1. The van der Waals surface area contributed by atoms with Gasteiger partial charge in [0.25, 0.3) is 0 Å². The number of hydrogen-bond donors (Lipinski definition) is 0. The number of carbonyl (C=O) groups is 1. The summed E-state index contributed by atoms with van der Waals surface area (Å²) < 4.78 is 4.88. The van der Waals surface area contributed by atoms with E-state index < -0.39 is 0 Å². The number of allylic oxidation sites excluding steroid dienone is 2. The van der Waals surface area contributed by atoms with E-state index in [0.29, 0.717) is 6.42 Å². The van der Waals surface area contributed by atoms with E-state index in [1.165, 1.54) is 18.7 Å². The molecule has 0 aliphatic heterocycles. The molecule has 0 aromatic rings. The lowest BCUT2D eigenvalue weighted by molar-refractivity contribution is -0.119. The van der Waals surface area contributed by atoms with Crippen LogP contribution in [0.1, 0.15) is 13.3 Å². The number of rotatable bonds is 6. The molecule has 0 radical (unpaired) electrons. The molecule has 0 heterocycles. The number of alkyl halides is 1. The molecule has 0 N–H and O–H groups in total. The van der Waals surface area contributed by atoms with Crippen molar-refractivity contribution < 1.29 is 9.53 Å². The number of Topliss-reactive ketones (excluding diaryl/α,β-unsaturated/α-hetero) is 1.